The van der Waals surface area contributed by atoms with Gasteiger partial charge in [0, 0.05) is 24.0 Å². The first-order valence-electron chi connectivity index (χ1n) is 5.83. The average Bonchev–Trinajstić information content (AvgIpc) is 3.09. The predicted octanol–water partition coefficient (Wildman–Crippen LogP) is 2.48. The second-order valence-electron chi connectivity index (χ2n) is 3.83. The van der Waals surface area contributed by atoms with Crippen LogP contribution in [0.25, 0.3) is 0 Å². The number of hydrogen-bond acceptors (Lipinski definition) is 5. The monoisotopic (exact) mass is 335 g/mol. The zero-order valence-electron chi connectivity index (χ0n) is 10.9. The molecule has 2 N–H and O–H groups in total. The van der Waals surface area contributed by atoms with E-state index in [9.17, 15) is 13.2 Å². The summed E-state index contributed by atoms with van der Waals surface area (Å²) >= 11 is 2.46. The minimum atomic E-state index is -4.40. The molecule has 0 aliphatic carbocycles. The lowest BCUT2D eigenvalue weighted by Gasteiger charge is -2.09. The van der Waals surface area contributed by atoms with E-state index < -0.39 is 11.9 Å². The molecule has 21 heavy (non-hydrogen) atoms. The largest absolute Gasteiger partial charge is 0.434 e. The number of aliphatic imine (C=N–C) groups is 1. The molecule has 0 saturated heterocycles. The van der Waals surface area contributed by atoms with Crippen molar-refractivity contribution in [2.24, 2.45) is 4.99 Å². The highest BCUT2D eigenvalue weighted by Crippen LogP contribution is 2.29. The Morgan fingerprint density at radius 1 is 1.24 bits per heavy atom. The average molecular weight is 335 g/mol. The van der Waals surface area contributed by atoms with Gasteiger partial charge in [-0.25, -0.2) is 9.97 Å². The molecule has 0 saturated carbocycles. The summed E-state index contributed by atoms with van der Waals surface area (Å²) in [5, 5.41) is 10.0. The van der Waals surface area contributed by atoms with E-state index in [-0.39, 0.29) is 6.54 Å². The molecule has 5 nitrogen and oxygen atoms in total. The molecule has 0 radical (unpaired) electrons. The van der Waals surface area contributed by atoms with Crippen LogP contribution in [0.3, 0.4) is 0 Å². The van der Waals surface area contributed by atoms with Crippen LogP contribution >= 0.6 is 22.7 Å². The lowest BCUT2D eigenvalue weighted by atomic mass is 10.5. The molecule has 2 heterocycles. The molecule has 2 rings (SSSR count). The maximum atomic E-state index is 12.4. The first kappa shape index (κ1) is 15.7. The van der Waals surface area contributed by atoms with Crippen LogP contribution in [0, 0.1) is 0 Å². The SMILES string of the molecule is CN=C(NCc1nccs1)NCc1nc(C(F)(F)F)cs1. The van der Waals surface area contributed by atoms with Crippen molar-refractivity contribution in [2.75, 3.05) is 7.05 Å². The highest BCUT2D eigenvalue weighted by Gasteiger charge is 2.33. The molecular formula is C11H12F3N5S2. The number of thiazole rings is 2. The van der Waals surface area contributed by atoms with E-state index in [4.69, 9.17) is 0 Å². The molecule has 0 unspecified atom stereocenters. The minimum Gasteiger partial charge on any atom is -0.350 e. The molecule has 0 amide bonds. The fraction of sp³-hybridized carbons (Fsp3) is 0.364. The van der Waals surface area contributed by atoms with Crippen molar-refractivity contribution in [3.8, 4) is 0 Å². The van der Waals surface area contributed by atoms with Gasteiger partial charge in [0.15, 0.2) is 11.7 Å². The quantitative estimate of drug-likeness (QED) is 0.666. The van der Waals surface area contributed by atoms with E-state index in [0.29, 0.717) is 17.5 Å². The summed E-state index contributed by atoms with van der Waals surface area (Å²) in [6.45, 7) is 0.682. The summed E-state index contributed by atoms with van der Waals surface area (Å²) in [5.74, 6) is 0.481. The third kappa shape index (κ3) is 4.67. The molecule has 0 atom stereocenters. The maximum Gasteiger partial charge on any atom is 0.434 e. The van der Waals surface area contributed by atoms with Crippen LogP contribution in [0.5, 0.6) is 0 Å². The zero-order valence-corrected chi connectivity index (χ0v) is 12.6. The van der Waals surface area contributed by atoms with Crippen molar-refractivity contribution in [3.05, 3.63) is 32.7 Å². The smallest absolute Gasteiger partial charge is 0.350 e. The number of guanidine groups is 1. The Morgan fingerprint density at radius 2 is 1.95 bits per heavy atom. The normalized spacial score (nSPS) is 12.5. The summed E-state index contributed by atoms with van der Waals surface area (Å²) in [7, 11) is 1.58. The number of aromatic nitrogens is 2. The van der Waals surface area contributed by atoms with Gasteiger partial charge in [0.2, 0.25) is 0 Å². The zero-order chi connectivity index (χ0) is 15.3. The Labute approximate surface area is 127 Å². The summed E-state index contributed by atoms with van der Waals surface area (Å²) in [6.07, 6.45) is -2.70. The standard InChI is InChI=1S/C11H12F3N5S2/c1-15-10(17-4-8-16-2-3-20-8)18-5-9-19-7(6-21-9)11(12,13)14/h2-3,6H,4-5H2,1H3,(H2,15,17,18). The third-order valence-electron chi connectivity index (χ3n) is 2.36. The van der Waals surface area contributed by atoms with Crippen LogP contribution in [0.15, 0.2) is 21.9 Å². The molecule has 0 fully saturated rings. The van der Waals surface area contributed by atoms with Gasteiger partial charge >= 0.3 is 6.18 Å². The molecule has 0 aromatic carbocycles. The van der Waals surface area contributed by atoms with Crippen molar-refractivity contribution < 1.29 is 13.2 Å². The van der Waals surface area contributed by atoms with E-state index >= 15 is 0 Å². The second kappa shape index (κ2) is 6.85. The van der Waals surface area contributed by atoms with Gasteiger partial charge in [-0.2, -0.15) is 13.2 Å². The molecule has 2 aromatic heterocycles. The van der Waals surface area contributed by atoms with E-state index in [0.717, 1.165) is 21.7 Å². The lowest BCUT2D eigenvalue weighted by molar-refractivity contribution is -0.140. The number of rotatable bonds is 4. The summed E-state index contributed by atoms with van der Waals surface area (Å²) in [4.78, 5) is 11.6. The predicted molar refractivity (Wildman–Crippen MR) is 76.3 cm³/mol. The van der Waals surface area contributed by atoms with Crippen LogP contribution in [0.1, 0.15) is 15.7 Å². The highest BCUT2D eigenvalue weighted by atomic mass is 32.1. The van der Waals surface area contributed by atoms with E-state index in [1.807, 2.05) is 5.38 Å². The van der Waals surface area contributed by atoms with Gasteiger partial charge in [-0.1, -0.05) is 0 Å². The maximum absolute atomic E-state index is 12.4. The highest BCUT2D eigenvalue weighted by molar-refractivity contribution is 7.09. The number of alkyl halides is 3. The van der Waals surface area contributed by atoms with Gasteiger partial charge in [-0.05, 0) is 0 Å². The minimum absolute atomic E-state index is 0.179. The van der Waals surface area contributed by atoms with Gasteiger partial charge in [0.05, 0.1) is 13.1 Å². The Kier molecular flexibility index (Phi) is 5.12. The third-order valence-corrected chi connectivity index (χ3v) is 3.99. The van der Waals surface area contributed by atoms with Crippen LogP contribution in [-0.4, -0.2) is 23.0 Å². The second-order valence-corrected chi connectivity index (χ2v) is 5.75. The van der Waals surface area contributed by atoms with Gasteiger partial charge in [0.25, 0.3) is 0 Å². The topological polar surface area (TPSA) is 62.2 Å². The van der Waals surface area contributed by atoms with Crippen molar-refractivity contribution in [2.45, 2.75) is 19.3 Å². The summed E-state index contributed by atoms with van der Waals surface area (Å²) in [6, 6.07) is 0. The van der Waals surface area contributed by atoms with Crippen LogP contribution in [0.4, 0.5) is 13.2 Å². The van der Waals surface area contributed by atoms with Crippen LogP contribution < -0.4 is 10.6 Å². The molecule has 2 aromatic rings. The molecule has 0 aliphatic heterocycles. The molecule has 0 bridgehead atoms. The van der Waals surface area contributed by atoms with Crippen LogP contribution in [-0.2, 0) is 19.3 Å². The van der Waals surface area contributed by atoms with Crippen LogP contribution in [0.2, 0.25) is 0 Å². The number of nitrogens with one attached hydrogen (secondary N) is 2. The fourth-order valence-electron chi connectivity index (χ4n) is 1.40. The Bertz CT molecular complexity index is 591. The number of hydrogen-bond donors (Lipinski definition) is 2. The Balaban J connectivity index is 1.84. The van der Waals surface area contributed by atoms with Gasteiger partial charge < -0.3 is 10.6 Å². The number of nitrogens with zero attached hydrogens (tertiary/aromatic N) is 3. The Hall–Kier alpha value is -1.68. The van der Waals surface area contributed by atoms with Crippen molar-refractivity contribution in [1.82, 2.24) is 20.6 Å². The van der Waals surface area contributed by atoms with Crippen molar-refractivity contribution in [1.29, 1.82) is 0 Å². The first-order chi connectivity index (χ1) is 9.99. The summed E-state index contributed by atoms with van der Waals surface area (Å²) in [5.41, 5.74) is -0.866. The van der Waals surface area contributed by atoms with Gasteiger partial charge in [-0.15, -0.1) is 22.7 Å². The van der Waals surface area contributed by atoms with Gasteiger partial charge in [0.1, 0.15) is 10.0 Å². The Morgan fingerprint density at radius 3 is 2.48 bits per heavy atom. The van der Waals surface area contributed by atoms with Crippen molar-refractivity contribution >= 4 is 28.6 Å². The molecule has 0 aliphatic rings. The molecule has 10 heteroatoms. The molecule has 0 spiro atoms. The lowest BCUT2D eigenvalue weighted by Crippen LogP contribution is -2.36. The van der Waals surface area contributed by atoms with E-state index in [1.54, 1.807) is 13.2 Å². The molecular weight excluding hydrogens is 323 g/mol. The first-order valence-corrected chi connectivity index (χ1v) is 7.59. The number of halogens is 3. The van der Waals surface area contributed by atoms with Crippen molar-refractivity contribution in [3.63, 3.8) is 0 Å². The molecule has 114 valence electrons. The van der Waals surface area contributed by atoms with Gasteiger partial charge in [-0.3, -0.25) is 4.99 Å². The fourth-order valence-corrected chi connectivity index (χ4v) is 2.70. The van der Waals surface area contributed by atoms with E-state index in [2.05, 4.69) is 25.6 Å². The summed E-state index contributed by atoms with van der Waals surface area (Å²) < 4.78 is 37.3. The van der Waals surface area contributed by atoms with E-state index in [1.165, 1.54) is 11.3 Å².